The molecule has 11 nitrogen and oxygen atoms in total. The zero-order valence-electron chi connectivity index (χ0n) is 20.5. The van der Waals surface area contributed by atoms with E-state index < -0.39 is 0 Å². The van der Waals surface area contributed by atoms with Crippen molar-refractivity contribution in [3.05, 3.63) is 60.1 Å². The summed E-state index contributed by atoms with van der Waals surface area (Å²) < 4.78 is 5.17. The van der Waals surface area contributed by atoms with Crippen molar-refractivity contribution in [2.45, 2.75) is 38.4 Å². The van der Waals surface area contributed by atoms with Crippen LogP contribution in [0.5, 0.6) is 5.88 Å². The number of methoxy groups -OCH3 is 1. The summed E-state index contributed by atoms with van der Waals surface area (Å²) in [6, 6.07) is 9.37. The molecule has 0 amide bonds. The summed E-state index contributed by atoms with van der Waals surface area (Å²) in [7, 11) is 1.64. The minimum absolute atomic E-state index is 0.546. The van der Waals surface area contributed by atoms with Gasteiger partial charge in [0, 0.05) is 74.3 Å². The molecule has 0 aliphatic carbocycles. The topological polar surface area (TPSA) is 124 Å². The lowest BCUT2D eigenvalue weighted by molar-refractivity contribution is -0.00876. The van der Waals surface area contributed by atoms with E-state index in [-0.39, 0.29) is 0 Å². The number of nitrogens with zero attached hydrogens (tertiary/aromatic N) is 7. The van der Waals surface area contributed by atoms with Crippen molar-refractivity contribution in [3.63, 3.8) is 0 Å². The predicted octanol–water partition coefficient (Wildman–Crippen LogP) is 2.42. The molecule has 2 unspecified atom stereocenters. The second-order valence-electron chi connectivity index (χ2n) is 9.41. The number of rotatable bonds is 9. The Morgan fingerprint density at radius 2 is 1.94 bits per heavy atom. The van der Waals surface area contributed by atoms with Crippen molar-refractivity contribution in [1.29, 1.82) is 0 Å². The molecule has 3 saturated heterocycles. The van der Waals surface area contributed by atoms with E-state index in [4.69, 9.17) is 9.72 Å². The number of aromatic amines is 2. The zero-order valence-corrected chi connectivity index (χ0v) is 20.5. The Bertz CT molecular complexity index is 1290. The van der Waals surface area contributed by atoms with Gasteiger partial charge in [0.2, 0.25) is 5.88 Å². The van der Waals surface area contributed by atoms with Gasteiger partial charge in [-0.05, 0) is 31.0 Å². The predicted molar refractivity (Wildman–Crippen MR) is 136 cm³/mol. The maximum absolute atomic E-state index is 5.17. The molecule has 3 N–H and O–H groups in total. The second kappa shape index (κ2) is 9.57. The zero-order chi connectivity index (χ0) is 24.5. The smallest absolute Gasteiger partial charge is 0.212 e. The highest BCUT2D eigenvalue weighted by Gasteiger charge is 2.44. The number of nitrogens with one attached hydrogen (secondary N) is 3. The number of hydrogen-bond donors (Lipinski definition) is 3. The van der Waals surface area contributed by atoms with E-state index in [9.17, 15) is 0 Å². The molecule has 4 aromatic heterocycles. The van der Waals surface area contributed by atoms with Crippen LogP contribution in [0.3, 0.4) is 0 Å². The summed E-state index contributed by atoms with van der Waals surface area (Å²) >= 11 is 0. The van der Waals surface area contributed by atoms with Crippen LogP contribution < -0.4 is 15.0 Å². The number of ether oxygens (including phenoxy) is 1. The Hall–Kier alpha value is -3.99. The van der Waals surface area contributed by atoms with Crippen molar-refractivity contribution >= 4 is 11.6 Å². The molecule has 186 valence electrons. The summed E-state index contributed by atoms with van der Waals surface area (Å²) in [6.45, 7) is 5.52. The quantitative estimate of drug-likeness (QED) is 0.327. The molecule has 36 heavy (non-hydrogen) atoms. The number of piperidine rings is 1. The SMILES string of the molecule is COc1ccc(CN2C3CC2CN(c2ccc(-c4cn[nH]c4NCCc4n[nH]c(C)n4)cn2)C3)cn1. The summed E-state index contributed by atoms with van der Waals surface area (Å²) in [5, 5.41) is 17.7. The van der Waals surface area contributed by atoms with Gasteiger partial charge in [-0.2, -0.15) is 10.2 Å². The van der Waals surface area contributed by atoms with Gasteiger partial charge in [-0.25, -0.2) is 15.0 Å². The van der Waals surface area contributed by atoms with Crippen LogP contribution in [-0.2, 0) is 13.0 Å². The summed E-state index contributed by atoms with van der Waals surface area (Å²) in [5.74, 6) is 4.18. The van der Waals surface area contributed by atoms with Crippen molar-refractivity contribution in [2.75, 3.05) is 37.0 Å². The van der Waals surface area contributed by atoms with Crippen molar-refractivity contribution in [1.82, 2.24) is 40.2 Å². The van der Waals surface area contributed by atoms with Crippen LogP contribution in [0.1, 0.15) is 23.6 Å². The van der Waals surface area contributed by atoms with Gasteiger partial charge in [0.25, 0.3) is 0 Å². The minimum Gasteiger partial charge on any atom is -0.481 e. The fraction of sp³-hybridized carbons (Fsp3) is 0.400. The Labute approximate surface area is 209 Å². The van der Waals surface area contributed by atoms with E-state index in [1.807, 2.05) is 31.6 Å². The Morgan fingerprint density at radius 3 is 2.64 bits per heavy atom. The fourth-order valence-corrected chi connectivity index (χ4v) is 5.14. The van der Waals surface area contributed by atoms with Crippen LogP contribution in [0.2, 0.25) is 0 Å². The van der Waals surface area contributed by atoms with E-state index in [1.165, 1.54) is 12.0 Å². The highest BCUT2D eigenvalue weighted by atomic mass is 16.5. The number of aryl methyl sites for hydroxylation is 1. The lowest BCUT2D eigenvalue weighted by Crippen LogP contribution is -2.68. The maximum atomic E-state index is 5.17. The van der Waals surface area contributed by atoms with Gasteiger partial charge in [-0.15, -0.1) is 0 Å². The molecular formula is C25H30N10O. The van der Waals surface area contributed by atoms with Crippen LogP contribution in [-0.4, -0.2) is 79.1 Å². The number of anilines is 2. The summed E-state index contributed by atoms with van der Waals surface area (Å²) in [5.41, 5.74) is 3.25. The molecule has 4 aromatic rings. The second-order valence-corrected chi connectivity index (χ2v) is 9.41. The van der Waals surface area contributed by atoms with Crippen LogP contribution >= 0.6 is 0 Å². The van der Waals surface area contributed by atoms with Crippen molar-refractivity contribution in [3.8, 4) is 17.0 Å². The van der Waals surface area contributed by atoms with E-state index in [2.05, 4.69) is 63.7 Å². The molecule has 3 fully saturated rings. The first-order valence-electron chi connectivity index (χ1n) is 12.3. The largest absolute Gasteiger partial charge is 0.481 e. The number of aromatic nitrogens is 7. The number of piperazine rings is 1. The van der Waals surface area contributed by atoms with Crippen LogP contribution in [0.25, 0.3) is 11.1 Å². The van der Waals surface area contributed by atoms with E-state index in [0.717, 1.165) is 60.5 Å². The van der Waals surface area contributed by atoms with Crippen molar-refractivity contribution < 1.29 is 4.74 Å². The first-order valence-corrected chi connectivity index (χ1v) is 12.3. The third kappa shape index (κ3) is 4.49. The lowest BCUT2D eigenvalue weighted by Gasteiger charge is -2.56. The molecule has 0 spiro atoms. The number of hydrogen-bond acceptors (Lipinski definition) is 9. The molecule has 7 heterocycles. The van der Waals surface area contributed by atoms with Gasteiger partial charge in [0.1, 0.15) is 17.5 Å². The number of pyridine rings is 2. The molecule has 2 bridgehead atoms. The molecule has 0 aromatic carbocycles. The van der Waals surface area contributed by atoms with E-state index >= 15 is 0 Å². The molecule has 11 heteroatoms. The van der Waals surface area contributed by atoms with Gasteiger partial charge in [0.05, 0.1) is 13.3 Å². The summed E-state index contributed by atoms with van der Waals surface area (Å²) in [4.78, 5) is 18.5. The standard InChI is InChI=1S/C25H30N10O/c1-16-30-22(32-31-16)7-8-26-25-21(12-29-33-25)18-4-5-23(27-11-18)34-14-19-9-20(15-34)35(19)13-17-3-6-24(36-2)28-10-17/h3-6,10-12,19-20H,7-9,13-15H2,1-2H3,(H2,26,29,33)(H,30,31,32). The Morgan fingerprint density at radius 1 is 1.06 bits per heavy atom. The maximum Gasteiger partial charge on any atom is 0.212 e. The van der Waals surface area contributed by atoms with Gasteiger partial charge >= 0.3 is 0 Å². The monoisotopic (exact) mass is 486 g/mol. The van der Waals surface area contributed by atoms with E-state index in [0.29, 0.717) is 24.5 Å². The van der Waals surface area contributed by atoms with Gasteiger partial charge in [-0.1, -0.05) is 6.07 Å². The first kappa shape index (κ1) is 22.5. The number of fused-ring (bicyclic) bond motifs is 2. The molecule has 3 aliphatic heterocycles. The molecule has 3 aliphatic rings. The van der Waals surface area contributed by atoms with Crippen molar-refractivity contribution in [2.24, 2.45) is 0 Å². The highest BCUT2D eigenvalue weighted by molar-refractivity contribution is 5.74. The van der Waals surface area contributed by atoms with Gasteiger partial charge in [-0.3, -0.25) is 15.1 Å². The molecule has 0 saturated carbocycles. The first-order chi connectivity index (χ1) is 17.7. The average molecular weight is 487 g/mol. The van der Waals surface area contributed by atoms with Gasteiger partial charge < -0.3 is 15.0 Å². The minimum atomic E-state index is 0.546. The Kier molecular flexibility index (Phi) is 5.98. The average Bonchev–Trinajstić information content (AvgIpc) is 3.56. The molecule has 7 rings (SSSR count). The van der Waals surface area contributed by atoms with Gasteiger partial charge in [0.15, 0.2) is 5.82 Å². The Balaban J connectivity index is 1.05. The third-order valence-corrected chi connectivity index (χ3v) is 7.03. The lowest BCUT2D eigenvalue weighted by atomic mass is 9.87. The fourth-order valence-electron chi connectivity index (χ4n) is 5.14. The summed E-state index contributed by atoms with van der Waals surface area (Å²) in [6.07, 6.45) is 7.65. The molecule has 2 atom stereocenters. The molecule has 0 radical (unpaired) electrons. The van der Waals surface area contributed by atoms with E-state index in [1.54, 1.807) is 7.11 Å². The van der Waals surface area contributed by atoms with Crippen LogP contribution in [0.4, 0.5) is 11.6 Å². The van der Waals surface area contributed by atoms with Crippen LogP contribution in [0, 0.1) is 6.92 Å². The number of H-pyrrole nitrogens is 2. The normalized spacial score (nSPS) is 19.2. The highest BCUT2D eigenvalue weighted by Crippen LogP contribution is 2.36. The molecular weight excluding hydrogens is 456 g/mol. The third-order valence-electron chi connectivity index (χ3n) is 7.03. The van der Waals surface area contributed by atoms with Crippen LogP contribution in [0.15, 0.2) is 42.9 Å².